The molecule has 0 aromatic heterocycles. The molecule has 0 aliphatic rings. The van der Waals surface area contributed by atoms with Gasteiger partial charge in [-0.15, -0.1) is 0 Å². The minimum Gasteiger partial charge on any atom is -0.478 e. The van der Waals surface area contributed by atoms with Gasteiger partial charge in [0, 0.05) is 24.5 Å². The highest BCUT2D eigenvalue weighted by Crippen LogP contribution is 2.29. The first-order valence-electron chi connectivity index (χ1n) is 13.3. The molecule has 0 heterocycles. The largest absolute Gasteiger partial charge is 0.478 e. The van der Waals surface area contributed by atoms with Gasteiger partial charge in [-0.25, -0.2) is 9.59 Å². The van der Waals surface area contributed by atoms with Gasteiger partial charge in [0.25, 0.3) is 0 Å². The molecule has 0 aliphatic carbocycles. The fourth-order valence-corrected chi connectivity index (χ4v) is 4.37. The molecular formula is C33H36Cl2N2O4. The van der Waals surface area contributed by atoms with Crippen molar-refractivity contribution >= 4 is 46.5 Å². The van der Waals surface area contributed by atoms with Crippen molar-refractivity contribution in [1.29, 1.82) is 0 Å². The van der Waals surface area contributed by atoms with Crippen molar-refractivity contribution < 1.29 is 19.8 Å². The van der Waals surface area contributed by atoms with E-state index in [-0.39, 0.29) is 17.0 Å². The van der Waals surface area contributed by atoms with E-state index in [1.165, 1.54) is 17.4 Å². The zero-order chi connectivity index (χ0) is 30.2. The van der Waals surface area contributed by atoms with Crippen LogP contribution in [0.15, 0.2) is 97.1 Å². The Kier molecular flexibility index (Phi) is 14.3. The average molecular weight is 596 g/mol. The fraction of sp³-hybridized carbons (Fsp3) is 0.212. The van der Waals surface area contributed by atoms with E-state index in [9.17, 15) is 19.8 Å². The van der Waals surface area contributed by atoms with Crippen LogP contribution in [0.25, 0.3) is 0 Å². The van der Waals surface area contributed by atoms with Crippen molar-refractivity contribution in [2.75, 3.05) is 23.7 Å². The third-order valence-electron chi connectivity index (χ3n) is 5.91. The van der Waals surface area contributed by atoms with Gasteiger partial charge in [0.1, 0.15) is 0 Å². The number of carboxylic acids is 2. The maximum Gasteiger partial charge on any atom is 0.336 e. The van der Waals surface area contributed by atoms with Gasteiger partial charge in [0.2, 0.25) is 0 Å². The second kappa shape index (κ2) is 17.6. The van der Waals surface area contributed by atoms with Crippen LogP contribution < -0.4 is 10.6 Å². The molecule has 4 aromatic rings. The smallest absolute Gasteiger partial charge is 0.336 e. The van der Waals surface area contributed by atoms with Gasteiger partial charge in [0.15, 0.2) is 0 Å². The Labute approximate surface area is 252 Å². The number of para-hydroxylation sites is 2. The van der Waals surface area contributed by atoms with Gasteiger partial charge in [0.05, 0.1) is 21.2 Å². The van der Waals surface area contributed by atoms with Crippen molar-refractivity contribution in [3.8, 4) is 0 Å². The van der Waals surface area contributed by atoms with Crippen molar-refractivity contribution in [3.05, 3.63) is 129 Å². The highest BCUT2D eigenvalue weighted by Gasteiger charge is 2.23. The van der Waals surface area contributed by atoms with Crippen LogP contribution in [-0.2, 0) is 6.42 Å². The normalized spacial score (nSPS) is 10.7. The molecule has 4 N–H and O–H groups in total. The molecule has 8 heteroatoms. The molecule has 1 atom stereocenters. The van der Waals surface area contributed by atoms with Crippen LogP contribution in [0.4, 0.5) is 11.4 Å². The Hall–Kier alpha value is -4.00. The topological polar surface area (TPSA) is 98.7 Å². The van der Waals surface area contributed by atoms with E-state index in [0.717, 1.165) is 18.7 Å². The summed E-state index contributed by atoms with van der Waals surface area (Å²) >= 11 is 11.9. The van der Waals surface area contributed by atoms with Crippen LogP contribution in [0, 0.1) is 0 Å². The quantitative estimate of drug-likeness (QED) is 0.154. The molecule has 4 aromatic carbocycles. The maximum absolute atomic E-state index is 11.5. The van der Waals surface area contributed by atoms with E-state index in [1.54, 1.807) is 24.3 Å². The summed E-state index contributed by atoms with van der Waals surface area (Å²) < 4.78 is 0. The van der Waals surface area contributed by atoms with E-state index in [1.807, 2.05) is 49.4 Å². The molecule has 0 saturated heterocycles. The predicted octanol–water partition coefficient (Wildman–Crippen LogP) is 8.97. The zero-order valence-corrected chi connectivity index (χ0v) is 24.9. The molecule has 1 unspecified atom stereocenters. The molecule has 41 heavy (non-hydrogen) atoms. The summed E-state index contributed by atoms with van der Waals surface area (Å²) in [5, 5.41) is 25.9. The fourth-order valence-electron chi connectivity index (χ4n) is 4.05. The molecule has 6 nitrogen and oxygen atoms in total. The molecular weight excluding hydrogens is 559 g/mol. The highest BCUT2D eigenvalue weighted by molar-refractivity contribution is 6.42. The van der Waals surface area contributed by atoms with Gasteiger partial charge in [-0.2, -0.15) is 0 Å². The Morgan fingerprint density at radius 2 is 1.24 bits per heavy atom. The van der Waals surface area contributed by atoms with Crippen LogP contribution in [0.5, 0.6) is 0 Å². The molecule has 4 rings (SSSR count). The zero-order valence-electron chi connectivity index (χ0n) is 23.4. The Morgan fingerprint density at radius 3 is 1.68 bits per heavy atom. The molecule has 0 amide bonds. The monoisotopic (exact) mass is 594 g/mol. The van der Waals surface area contributed by atoms with Gasteiger partial charge >= 0.3 is 11.9 Å². The van der Waals surface area contributed by atoms with Gasteiger partial charge in [-0.1, -0.05) is 84.7 Å². The summed E-state index contributed by atoms with van der Waals surface area (Å²) in [5.74, 6) is -2.71. The summed E-state index contributed by atoms with van der Waals surface area (Å²) in [4.78, 5) is 22.7. The number of nitrogens with one attached hydrogen (secondary N) is 2. The first kappa shape index (κ1) is 33.2. The maximum atomic E-state index is 11.5. The number of halogens is 2. The van der Waals surface area contributed by atoms with Crippen LogP contribution in [0.3, 0.4) is 0 Å². The molecule has 216 valence electrons. The van der Waals surface area contributed by atoms with Gasteiger partial charge in [-0.3, -0.25) is 0 Å². The number of hydrogen-bond acceptors (Lipinski definition) is 4. The van der Waals surface area contributed by atoms with Crippen LogP contribution in [0.1, 0.15) is 58.5 Å². The summed E-state index contributed by atoms with van der Waals surface area (Å²) in [6.45, 7) is 8.00. The van der Waals surface area contributed by atoms with Crippen LogP contribution in [-0.4, -0.2) is 35.2 Å². The highest BCUT2D eigenvalue weighted by atomic mass is 35.5. The van der Waals surface area contributed by atoms with Crippen molar-refractivity contribution in [2.45, 2.75) is 33.1 Å². The number of carbonyl (C=O) groups is 2. The summed E-state index contributed by atoms with van der Waals surface area (Å²) in [6, 6.07) is 30.1. The number of hydrogen-bond donors (Lipinski definition) is 4. The molecule has 0 saturated carbocycles. The van der Waals surface area contributed by atoms with E-state index < -0.39 is 11.9 Å². The van der Waals surface area contributed by atoms with E-state index in [0.29, 0.717) is 22.0 Å². The predicted molar refractivity (Wildman–Crippen MR) is 170 cm³/mol. The standard InChI is InChI=1S/C17H14Cl2O4.2C8H11N/c1-9(7-10-5-6-13(18)14(19)8-10)11-3-2-4-12(16(20)21)15(11)17(22)23;2*1-2-9-8-6-4-3-5-7-8/h2-6,8-9H,7H2,1H3,(H,20,21)(H,22,23);2*3-7,9H,2H2,1H3. The number of anilines is 2. The van der Waals surface area contributed by atoms with Gasteiger partial charge in [-0.05, 0) is 79.8 Å². The third-order valence-corrected chi connectivity index (χ3v) is 6.65. The lowest BCUT2D eigenvalue weighted by atomic mass is 9.88. The lowest BCUT2D eigenvalue weighted by molar-refractivity contribution is 0.0650. The first-order valence-corrected chi connectivity index (χ1v) is 14.0. The van der Waals surface area contributed by atoms with E-state index >= 15 is 0 Å². The van der Waals surface area contributed by atoms with E-state index in [2.05, 4.69) is 48.7 Å². The van der Waals surface area contributed by atoms with Crippen LogP contribution in [0.2, 0.25) is 10.0 Å². The third kappa shape index (κ3) is 11.2. The summed E-state index contributed by atoms with van der Waals surface area (Å²) in [6.07, 6.45) is 0.514. The van der Waals surface area contributed by atoms with Crippen molar-refractivity contribution in [2.24, 2.45) is 0 Å². The molecule has 0 radical (unpaired) electrons. The second-order valence-electron chi connectivity index (χ2n) is 9.03. The second-order valence-corrected chi connectivity index (χ2v) is 9.84. The Morgan fingerprint density at radius 1 is 0.707 bits per heavy atom. The first-order chi connectivity index (χ1) is 19.7. The Balaban J connectivity index is 0.000000265. The van der Waals surface area contributed by atoms with Gasteiger partial charge < -0.3 is 20.8 Å². The Bertz CT molecular complexity index is 1340. The average Bonchev–Trinajstić information content (AvgIpc) is 2.96. The van der Waals surface area contributed by atoms with Crippen LogP contribution >= 0.6 is 23.2 Å². The molecule has 0 bridgehead atoms. The van der Waals surface area contributed by atoms with Crippen molar-refractivity contribution in [1.82, 2.24) is 0 Å². The minimum atomic E-state index is -1.26. The van der Waals surface area contributed by atoms with E-state index in [4.69, 9.17) is 23.2 Å². The van der Waals surface area contributed by atoms with Crippen molar-refractivity contribution in [3.63, 3.8) is 0 Å². The molecule has 0 aliphatic heterocycles. The number of rotatable bonds is 9. The number of aromatic carboxylic acids is 2. The summed E-state index contributed by atoms with van der Waals surface area (Å²) in [5.41, 5.74) is 3.37. The lowest BCUT2D eigenvalue weighted by Gasteiger charge is -2.16. The number of carboxylic acid groups (broad SMARTS) is 2. The summed E-state index contributed by atoms with van der Waals surface area (Å²) in [7, 11) is 0. The SMILES string of the molecule is CC(Cc1ccc(Cl)c(Cl)c1)c1cccc(C(=O)O)c1C(=O)O.CCNc1ccccc1.CCNc1ccccc1. The minimum absolute atomic E-state index is 0.174. The number of benzene rings is 4. The molecule has 0 fully saturated rings. The lowest BCUT2D eigenvalue weighted by Crippen LogP contribution is -2.14. The molecule has 0 spiro atoms.